The van der Waals surface area contributed by atoms with E-state index in [0.29, 0.717) is 17.5 Å². The van der Waals surface area contributed by atoms with Crippen molar-refractivity contribution in [3.8, 4) is 78.7 Å². The number of hydrogen-bond donors (Lipinski definition) is 0. The monoisotopic (exact) mass is 713 g/mol. The van der Waals surface area contributed by atoms with Gasteiger partial charge in [-0.05, 0) is 72.1 Å². The number of aromatic nitrogens is 3. The van der Waals surface area contributed by atoms with E-state index in [9.17, 15) is 0 Å². The molecule has 0 atom stereocenters. The molecule has 1 heterocycles. The van der Waals surface area contributed by atoms with Gasteiger partial charge < -0.3 is 0 Å². The lowest BCUT2D eigenvalue weighted by atomic mass is 9.90. The third-order valence-corrected chi connectivity index (χ3v) is 10.6. The molecule has 10 rings (SSSR count). The first-order chi connectivity index (χ1) is 27.7. The molecule has 0 aliphatic rings. The molecular formula is C53H35N3. The molecule has 0 saturated heterocycles. The van der Waals surface area contributed by atoms with Crippen molar-refractivity contribution in [2.45, 2.75) is 0 Å². The summed E-state index contributed by atoms with van der Waals surface area (Å²) in [5, 5.41) is 4.76. The van der Waals surface area contributed by atoms with Gasteiger partial charge in [-0.15, -0.1) is 0 Å². The molecule has 9 aromatic carbocycles. The summed E-state index contributed by atoms with van der Waals surface area (Å²) in [7, 11) is 0. The van der Waals surface area contributed by atoms with Crippen LogP contribution in [0.3, 0.4) is 0 Å². The smallest absolute Gasteiger partial charge is 0.164 e. The Kier molecular flexibility index (Phi) is 8.51. The first-order valence-corrected chi connectivity index (χ1v) is 18.9. The van der Waals surface area contributed by atoms with Crippen LogP contribution in [-0.2, 0) is 0 Å². The Morgan fingerprint density at radius 2 is 0.607 bits per heavy atom. The highest BCUT2D eigenvalue weighted by atomic mass is 15.0. The minimum absolute atomic E-state index is 0.620. The predicted molar refractivity (Wildman–Crippen MR) is 233 cm³/mol. The average molecular weight is 714 g/mol. The predicted octanol–water partition coefficient (Wildman–Crippen LogP) is 13.8. The Balaban J connectivity index is 1.19. The maximum absolute atomic E-state index is 5.31. The van der Waals surface area contributed by atoms with Crippen LogP contribution in [0, 0.1) is 0 Å². The molecule has 0 N–H and O–H groups in total. The summed E-state index contributed by atoms with van der Waals surface area (Å²) in [6, 6.07) is 74.7. The summed E-state index contributed by atoms with van der Waals surface area (Å²) < 4.78 is 0. The molecule has 0 aliphatic carbocycles. The molecule has 0 fully saturated rings. The van der Waals surface area contributed by atoms with E-state index in [1.54, 1.807) is 0 Å². The van der Waals surface area contributed by atoms with Gasteiger partial charge in [-0.25, -0.2) is 15.0 Å². The number of fused-ring (bicyclic) bond motifs is 2. The summed E-state index contributed by atoms with van der Waals surface area (Å²) in [6.45, 7) is 0. The van der Waals surface area contributed by atoms with E-state index in [-0.39, 0.29) is 0 Å². The molecule has 1 aromatic heterocycles. The van der Waals surface area contributed by atoms with Crippen molar-refractivity contribution < 1.29 is 0 Å². The lowest BCUT2D eigenvalue weighted by Crippen LogP contribution is -2.01. The van der Waals surface area contributed by atoms with Crippen molar-refractivity contribution in [2.75, 3.05) is 0 Å². The largest absolute Gasteiger partial charge is 0.208 e. The van der Waals surface area contributed by atoms with E-state index >= 15 is 0 Å². The molecule has 0 unspecified atom stereocenters. The topological polar surface area (TPSA) is 38.7 Å². The van der Waals surface area contributed by atoms with Crippen LogP contribution in [0.4, 0.5) is 0 Å². The average Bonchev–Trinajstić information content (AvgIpc) is 3.29. The Hall–Kier alpha value is -7.49. The van der Waals surface area contributed by atoms with Crippen molar-refractivity contribution in [3.63, 3.8) is 0 Å². The van der Waals surface area contributed by atoms with Crippen molar-refractivity contribution >= 4 is 21.5 Å². The normalized spacial score (nSPS) is 11.2. The fourth-order valence-corrected chi connectivity index (χ4v) is 7.71. The van der Waals surface area contributed by atoms with Crippen LogP contribution < -0.4 is 0 Å². The van der Waals surface area contributed by atoms with E-state index in [1.165, 1.54) is 32.7 Å². The fourth-order valence-electron chi connectivity index (χ4n) is 7.71. The number of hydrogen-bond acceptors (Lipinski definition) is 3. The van der Waals surface area contributed by atoms with Crippen LogP contribution in [-0.4, -0.2) is 15.0 Å². The van der Waals surface area contributed by atoms with Crippen LogP contribution >= 0.6 is 0 Å². The van der Waals surface area contributed by atoms with Crippen LogP contribution in [0.2, 0.25) is 0 Å². The van der Waals surface area contributed by atoms with Gasteiger partial charge in [0.05, 0.1) is 0 Å². The molecule has 56 heavy (non-hydrogen) atoms. The van der Waals surface area contributed by atoms with Crippen molar-refractivity contribution in [1.82, 2.24) is 15.0 Å². The van der Waals surface area contributed by atoms with E-state index < -0.39 is 0 Å². The second-order valence-electron chi connectivity index (χ2n) is 14.0. The molecule has 0 saturated carbocycles. The van der Waals surface area contributed by atoms with Crippen LogP contribution in [0.15, 0.2) is 212 Å². The highest BCUT2D eigenvalue weighted by Crippen LogP contribution is 2.40. The van der Waals surface area contributed by atoms with Gasteiger partial charge in [-0.2, -0.15) is 0 Å². The summed E-state index contributed by atoms with van der Waals surface area (Å²) in [4.78, 5) is 15.8. The maximum atomic E-state index is 5.31. The van der Waals surface area contributed by atoms with Gasteiger partial charge in [0, 0.05) is 16.7 Å². The number of nitrogens with zero attached hydrogens (tertiary/aromatic N) is 3. The second kappa shape index (κ2) is 14.4. The highest BCUT2D eigenvalue weighted by Gasteiger charge is 2.19. The van der Waals surface area contributed by atoms with Crippen LogP contribution in [0.1, 0.15) is 0 Å². The third-order valence-electron chi connectivity index (χ3n) is 10.6. The first kappa shape index (κ1) is 33.1. The quantitative estimate of drug-likeness (QED) is 0.165. The van der Waals surface area contributed by atoms with E-state index in [1.807, 2.05) is 12.1 Å². The van der Waals surface area contributed by atoms with Gasteiger partial charge in [0.1, 0.15) is 0 Å². The molecule has 3 heteroatoms. The van der Waals surface area contributed by atoms with E-state index in [2.05, 4.69) is 200 Å². The van der Waals surface area contributed by atoms with Gasteiger partial charge in [0.2, 0.25) is 0 Å². The molecule has 10 aromatic rings. The zero-order valence-corrected chi connectivity index (χ0v) is 30.5. The first-order valence-electron chi connectivity index (χ1n) is 18.9. The second-order valence-corrected chi connectivity index (χ2v) is 14.0. The zero-order valence-electron chi connectivity index (χ0n) is 30.5. The Labute approximate surface area is 326 Å². The molecule has 0 aliphatic heterocycles. The van der Waals surface area contributed by atoms with Gasteiger partial charge in [0.25, 0.3) is 0 Å². The maximum Gasteiger partial charge on any atom is 0.164 e. The summed E-state index contributed by atoms with van der Waals surface area (Å²) >= 11 is 0. The lowest BCUT2D eigenvalue weighted by Gasteiger charge is -2.16. The van der Waals surface area contributed by atoms with E-state index in [4.69, 9.17) is 15.0 Å². The summed E-state index contributed by atoms with van der Waals surface area (Å²) in [5.74, 6) is 1.86. The Morgan fingerprint density at radius 3 is 1.16 bits per heavy atom. The molecule has 0 spiro atoms. The van der Waals surface area contributed by atoms with Crippen LogP contribution in [0.5, 0.6) is 0 Å². The van der Waals surface area contributed by atoms with Gasteiger partial charge in [-0.3, -0.25) is 0 Å². The molecule has 0 amide bonds. The minimum atomic E-state index is 0.620. The van der Waals surface area contributed by atoms with Crippen molar-refractivity contribution in [3.05, 3.63) is 212 Å². The van der Waals surface area contributed by atoms with Gasteiger partial charge in [-0.1, -0.05) is 206 Å². The lowest BCUT2D eigenvalue weighted by molar-refractivity contribution is 1.07. The summed E-state index contributed by atoms with van der Waals surface area (Å²) in [5.41, 5.74) is 11.9. The molecule has 262 valence electrons. The Bertz CT molecular complexity index is 2880. The number of benzene rings is 9. The third kappa shape index (κ3) is 6.31. The molecular weight excluding hydrogens is 679 g/mol. The van der Waals surface area contributed by atoms with Crippen molar-refractivity contribution in [2.24, 2.45) is 0 Å². The minimum Gasteiger partial charge on any atom is -0.208 e. The number of rotatable bonds is 7. The van der Waals surface area contributed by atoms with Gasteiger partial charge in [0.15, 0.2) is 17.5 Å². The molecule has 3 nitrogen and oxygen atoms in total. The fraction of sp³-hybridized carbons (Fsp3) is 0. The molecule has 0 bridgehead atoms. The van der Waals surface area contributed by atoms with Crippen molar-refractivity contribution in [1.29, 1.82) is 0 Å². The SMILES string of the molecule is c1ccc(-c2ccc(-c3nc(-c4ccc(-c5ccccc5)cc4)nc(-c4cc(-c5cccc6ccccc56)ccc4-c4cccc5ccccc45)n3)cc2)cc1. The summed E-state index contributed by atoms with van der Waals surface area (Å²) in [6.07, 6.45) is 0. The van der Waals surface area contributed by atoms with Crippen LogP contribution in [0.25, 0.3) is 100 Å². The zero-order chi connectivity index (χ0) is 37.3. The van der Waals surface area contributed by atoms with Gasteiger partial charge >= 0.3 is 0 Å². The highest BCUT2D eigenvalue weighted by molar-refractivity contribution is 6.02. The molecule has 0 radical (unpaired) electrons. The standard InChI is InChI=1S/C53H35N3/c1-3-13-36(14-4-1)38-25-29-42(30-26-38)51-54-52(43-31-27-39(28-32-43)37-15-5-2-6-16-37)56-53(55-51)50-35-44(47-23-11-19-40-17-7-9-21-45(40)47)33-34-49(50)48-24-12-20-41-18-8-10-22-46(41)48/h1-35H. The van der Waals surface area contributed by atoms with E-state index in [0.717, 1.165) is 50.1 Å². The Morgan fingerprint density at radius 1 is 0.214 bits per heavy atom.